The highest BCUT2D eigenvalue weighted by Crippen LogP contribution is 2.40. The van der Waals surface area contributed by atoms with E-state index in [1.165, 1.54) is 0 Å². The van der Waals surface area contributed by atoms with Gasteiger partial charge in [0, 0.05) is 20.1 Å². The topological polar surface area (TPSA) is 93.6 Å². The third-order valence-corrected chi connectivity index (χ3v) is 7.38. The number of ether oxygens (including phenoxy) is 2. The number of carbonyl (C=O) groups excluding carboxylic acids is 2. The summed E-state index contributed by atoms with van der Waals surface area (Å²) in [6.45, 7) is 6.19. The third-order valence-electron chi connectivity index (χ3n) is 6.62. The molecule has 1 N–H and O–H groups in total. The summed E-state index contributed by atoms with van der Waals surface area (Å²) in [5.74, 6) is -0.406. The first kappa shape index (κ1) is 26.7. The minimum Gasteiger partial charge on any atom is -0.450 e. The van der Waals surface area contributed by atoms with Crippen molar-refractivity contribution < 1.29 is 19.1 Å². The standard InChI is InChI=1S/C28H32BrN3O5/c1-27(2,3)37-26(35)32-17-15-28(16-18-32,20-13-9-6-10-14-20)25(34)36-23(19-11-7-5-8-12-19)22-21(29)24(33)30-31(22)4/h5-14,23H,15-18H2,1-4H3,(H,30,33). The van der Waals surface area contributed by atoms with Crippen molar-refractivity contribution in [3.05, 3.63) is 92.3 Å². The zero-order valence-corrected chi connectivity index (χ0v) is 23.1. The highest BCUT2D eigenvalue weighted by atomic mass is 79.9. The number of amides is 1. The van der Waals surface area contributed by atoms with Gasteiger partial charge in [-0.15, -0.1) is 0 Å². The Hall–Kier alpha value is -3.33. The molecular weight excluding hydrogens is 538 g/mol. The fraction of sp³-hybridized carbons (Fsp3) is 0.393. The highest BCUT2D eigenvalue weighted by molar-refractivity contribution is 9.10. The van der Waals surface area contributed by atoms with Crippen LogP contribution >= 0.6 is 15.9 Å². The Balaban J connectivity index is 1.68. The van der Waals surface area contributed by atoms with Gasteiger partial charge in [0.2, 0.25) is 0 Å². The van der Waals surface area contributed by atoms with Gasteiger partial charge in [-0.05, 0) is 60.7 Å². The Kier molecular flexibility index (Phi) is 7.64. The second-order valence-electron chi connectivity index (χ2n) is 10.3. The van der Waals surface area contributed by atoms with Gasteiger partial charge in [-0.3, -0.25) is 19.4 Å². The number of carbonyl (C=O) groups is 2. The number of aromatic amines is 1. The van der Waals surface area contributed by atoms with Crippen molar-refractivity contribution in [3.8, 4) is 0 Å². The van der Waals surface area contributed by atoms with Gasteiger partial charge in [0.1, 0.15) is 10.1 Å². The van der Waals surface area contributed by atoms with E-state index in [1.54, 1.807) is 16.6 Å². The maximum Gasteiger partial charge on any atom is 0.410 e. The summed E-state index contributed by atoms with van der Waals surface area (Å²) in [5, 5.41) is 2.72. The van der Waals surface area contributed by atoms with E-state index >= 15 is 0 Å². The van der Waals surface area contributed by atoms with Gasteiger partial charge >= 0.3 is 12.1 Å². The van der Waals surface area contributed by atoms with Crippen LogP contribution in [-0.2, 0) is 26.7 Å². The highest BCUT2D eigenvalue weighted by Gasteiger charge is 2.47. The van der Waals surface area contributed by atoms with E-state index < -0.39 is 29.2 Å². The Bertz CT molecular complexity index is 1300. The summed E-state index contributed by atoms with van der Waals surface area (Å²) in [6.07, 6.45) is -0.458. The average Bonchev–Trinajstić information content (AvgIpc) is 3.13. The molecule has 1 amide bonds. The SMILES string of the molecule is Cn1[nH]c(=O)c(Br)c1C(OC(=O)C1(c2ccccc2)CCN(C(=O)OC(C)(C)C)CC1)c1ccccc1. The number of hydrogen-bond donors (Lipinski definition) is 1. The lowest BCUT2D eigenvalue weighted by Crippen LogP contribution is -2.50. The van der Waals surface area contributed by atoms with Crippen LogP contribution in [0.15, 0.2) is 69.9 Å². The fourth-order valence-electron chi connectivity index (χ4n) is 4.71. The van der Waals surface area contributed by atoms with Crippen LogP contribution in [0.4, 0.5) is 4.79 Å². The van der Waals surface area contributed by atoms with Crippen LogP contribution in [-0.4, -0.2) is 45.4 Å². The molecule has 4 rings (SSSR count). The number of nitrogens with zero attached hydrogens (tertiary/aromatic N) is 2. The lowest BCUT2D eigenvalue weighted by molar-refractivity contribution is -0.157. The van der Waals surface area contributed by atoms with Crippen molar-refractivity contribution in [1.82, 2.24) is 14.7 Å². The molecule has 1 fully saturated rings. The van der Waals surface area contributed by atoms with Crippen molar-refractivity contribution >= 4 is 28.0 Å². The molecule has 9 heteroatoms. The first-order chi connectivity index (χ1) is 17.5. The molecule has 2 heterocycles. The van der Waals surface area contributed by atoms with E-state index in [9.17, 15) is 14.4 Å². The Morgan fingerprint density at radius 3 is 2.08 bits per heavy atom. The molecule has 2 aromatic carbocycles. The van der Waals surface area contributed by atoms with Gasteiger partial charge in [0.15, 0.2) is 6.10 Å². The van der Waals surface area contributed by atoms with E-state index in [-0.39, 0.29) is 5.56 Å². The number of H-pyrrole nitrogens is 1. The van der Waals surface area contributed by atoms with Gasteiger partial charge in [0.05, 0.1) is 11.1 Å². The smallest absolute Gasteiger partial charge is 0.410 e. The molecule has 1 aromatic heterocycles. The zero-order valence-electron chi connectivity index (χ0n) is 21.5. The second-order valence-corrected chi connectivity index (χ2v) is 11.1. The number of benzene rings is 2. The van der Waals surface area contributed by atoms with Crippen molar-refractivity contribution in [1.29, 1.82) is 0 Å². The number of aromatic nitrogens is 2. The molecule has 0 aliphatic carbocycles. The molecule has 0 bridgehead atoms. The molecule has 1 saturated heterocycles. The summed E-state index contributed by atoms with van der Waals surface area (Å²) in [4.78, 5) is 40.8. The number of piperidine rings is 1. The summed E-state index contributed by atoms with van der Waals surface area (Å²) >= 11 is 3.38. The molecule has 0 saturated carbocycles. The molecular formula is C28H32BrN3O5. The Morgan fingerprint density at radius 2 is 1.57 bits per heavy atom. The first-order valence-electron chi connectivity index (χ1n) is 12.3. The Labute approximate surface area is 224 Å². The number of esters is 1. The molecule has 1 unspecified atom stereocenters. The van der Waals surface area contributed by atoms with Crippen LogP contribution in [0.3, 0.4) is 0 Å². The monoisotopic (exact) mass is 569 g/mol. The minimum absolute atomic E-state index is 0.307. The maximum atomic E-state index is 14.1. The van der Waals surface area contributed by atoms with Crippen LogP contribution in [0, 0.1) is 0 Å². The van der Waals surface area contributed by atoms with Crippen molar-refractivity contribution in [2.24, 2.45) is 7.05 Å². The number of likely N-dealkylation sites (tertiary alicyclic amines) is 1. The predicted octanol–water partition coefficient (Wildman–Crippen LogP) is 5.08. The number of rotatable bonds is 5. The lowest BCUT2D eigenvalue weighted by Gasteiger charge is -2.41. The number of hydrogen-bond acceptors (Lipinski definition) is 5. The van der Waals surface area contributed by atoms with Crippen LogP contribution in [0.5, 0.6) is 0 Å². The predicted molar refractivity (Wildman–Crippen MR) is 143 cm³/mol. The molecule has 37 heavy (non-hydrogen) atoms. The maximum absolute atomic E-state index is 14.1. The zero-order chi connectivity index (χ0) is 26.8. The molecule has 0 spiro atoms. The quantitative estimate of drug-likeness (QED) is 0.432. The van der Waals surface area contributed by atoms with E-state index in [0.29, 0.717) is 36.1 Å². The van der Waals surface area contributed by atoms with E-state index in [0.717, 1.165) is 11.1 Å². The molecule has 1 atom stereocenters. The molecule has 3 aromatic rings. The summed E-state index contributed by atoms with van der Waals surface area (Å²) < 4.78 is 13.7. The molecule has 1 aliphatic heterocycles. The van der Waals surface area contributed by atoms with Gasteiger partial charge < -0.3 is 14.4 Å². The molecule has 196 valence electrons. The van der Waals surface area contributed by atoms with Crippen LogP contribution in [0.25, 0.3) is 0 Å². The molecule has 8 nitrogen and oxygen atoms in total. The van der Waals surface area contributed by atoms with E-state index in [1.807, 2.05) is 81.4 Å². The van der Waals surface area contributed by atoms with Crippen molar-refractivity contribution in [3.63, 3.8) is 0 Å². The van der Waals surface area contributed by atoms with Crippen LogP contribution in [0.1, 0.15) is 56.5 Å². The van der Waals surface area contributed by atoms with Crippen LogP contribution < -0.4 is 5.56 Å². The first-order valence-corrected chi connectivity index (χ1v) is 13.0. The number of aryl methyl sites for hydroxylation is 1. The fourth-order valence-corrected chi connectivity index (χ4v) is 5.27. The van der Waals surface area contributed by atoms with Crippen molar-refractivity contribution in [2.75, 3.05) is 13.1 Å². The minimum atomic E-state index is -0.964. The third kappa shape index (κ3) is 5.66. The molecule has 0 radical (unpaired) electrons. The van der Waals surface area contributed by atoms with E-state index in [4.69, 9.17) is 9.47 Å². The number of halogens is 1. The van der Waals surface area contributed by atoms with Crippen molar-refractivity contribution in [2.45, 2.75) is 50.7 Å². The van der Waals surface area contributed by atoms with E-state index in [2.05, 4.69) is 21.0 Å². The summed E-state index contributed by atoms with van der Waals surface area (Å²) in [5.41, 5.74) is 0.205. The second kappa shape index (κ2) is 10.6. The van der Waals surface area contributed by atoms with Gasteiger partial charge in [-0.1, -0.05) is 60.7 Å². The molecule has 1 aliphatic rings. The van der Waals surface area contributed by atoms with Gasteiger partial charge in [-0.25, -0.2) is 4.79 Å². The largest absolute Gasteiger partial charge is 0.450 e. The Morgan fingerprint density at radius 1 is 1.00 bits per heavy atom. The normalized spacial score (nSPS) is 16.2. The van der Waals surface area contributed by atoms with Gasteiger partial charge in [-0.2, -0.15) is 0 Å². The lowest BCUT2D eigenvalue weighted by atomic mass is 9.72. The van der Waals surface area contributed by atoms with Gasteiger partial charge in [0.25, 0.3) is 5.56 Å². The average molecular weight is 570 g/mol. The summed E-state index contributed by atoms with van der Waals surface area (Å²) in [7, 11) is 1.71. The number of nitrogens with one attached hydrogen (secondary N) is 1. The van der Waals surface area contributed by atoms with Crippen LogP contribution in [0.2, 0.25) is 0 Å². The summed E-state index contributed by atoms with van der Waals surface area (Å²) in [6, 6.07) is 18.9.